The molecule has 0 bridgehead atoms. The lowest BCUT2D eigenvalue weighted by Gasteiger charge is -2.21. The highest BCUT2D eigenvalue weighted by Crippen LogP contribution is 2.12. The maximum Gasteiger partial charge on any atom is 0.328 e. The highest BCUT2D eigenvalue weighted by molar-refractivity contribution is 7.89. The minimum atomic E-state index is -3.58. The van der Waals surface area contributed by atoms with E-state index in [1.165, 1.54) is 38.1 Å². The first-order valence-corrected chi connectivity index (χ1v) is 7.74. The van der Waals surface area contributed by atoms with Gasteiger partial charge in [0.2, 0.25) is 10.0 Å². The highest BCUT2D eigenvalue weighted by atomic mass is 32.2. The minimum Gasteiger partial charge on any atom is -0.480 e. The van der Waals surface area contributed by atoms with Crippen molar-refractivity contribution in [2.75, 3.05) is 6.54 Å². The topological polar surface area (TPSA) is 113 Å². The highest BCUT2D eigenvalue weighted by Gasteiger charge is 2.29. The molecule has 1 amide bonds. The summed E-state index contributed by atoms with van der Waals surface area (Å²) in [6.45, 7) is 4.64. The van der Waals surface area contributed by atoms with Crippen molar-refractivity contribution < 1.29 is 23.1 Å². The Kier molecular flexibility index (Phi) is 5.08. The Morgan fingerprint density at radius 2 is 1.71 bits per heavy atom. The van der Waals surface area contributed by atoms with Gasteiger partial charge in [0.05, 0.1) is 4.90 Å². The lowest BCUT2D eigenvalue weighted by atomic mass is 10.1. The van der Waals surface area contributed by atoms with Crippen LogP contribution < -0.4 is 10.0 Å². The number of carbonyl (C=O) groups is 2. The van der Waals surface area contributed by atoms with Gasteiger partial charge in [0, 0.05) is 12.1 Å². The number of carboxylic acids is 1. The van der Waals surface area contributed by atoms with Gasteiger partial charge in [-0.15, -0.1) is 0 Å². The molecule has 0 aromatic heterocycles. The van der Waals surface area contributed by atoms with Gasteiger partial charge in [-0.1, -0.05) is 6.92 Å². The molecule has 0 fully saturated rings. The number of hydrogen-bond donors (Lipinski definition) is 3. The van der Waals surface area contributed by atoms with Crippen LogP contribution in [0.4, 0.5) is 0 Å². The van der Waals surface area contributed by atoms with Crippen LogP contribution in [0.15, 0.2) is 29.2 Å². The van der Waals surface area contributed by atoms with Crippen LogP contribution in [0.1, 0.15) is 31.1 Å². The molecule has 0 radical (unpaired) electrons. The second-order valence-corrected chi connectivity index (χ2v) is 6.68. The average Bonchev–Trinajstić information content (AvgIpc) is 2.38. The molecule has 0 spiro atoms. The van der Waals surface area contributed by atoms with E-state index in [-0.39, 0.29) is 17.0 Å². The molecule has 0 heterocycles. The molecule has 0 unspecified atom stereocenters. The molecule has 1 rings (SSSR count). The summed E-state index contributed by atoms with van der Waals surface area (Å²) in [5.41, 5.74) is -1.23. The zero-order valence-corrected chi connectivity index (χ0v) is 12.8. The second kappa shape index (κ2) is 6.23. The van der Waals surface area contributed by atoms with E-state index in [1.54, 1.807) is 6.92 Å². The van der Waals surface area contributed by atoms with E-state index < -0.39 is 27.4 Å². The fourth-order valence-electron chi connectivity index (χ4n) is 1.47. The summed E-state index contributed by atoms with van der Waals surface area (Å²) in [6.07, 6.45) is 0. The van der Waals surface area contributed by atoms with E-state index in [2.05, 4.69) is 10.0 Å². The SMILES string of the molecule is CCNS(=O)(=O)c1ccc(C(=O)NC(C)(C)C(=O)O)cc1. The van der Waals surface area contributed by atoms with Crippen LogP contribution in [0.25, 0.3) is 0 Å². The third-order valence-electron chi connectivity index (χ3n) is 2.72. The van der Waals surface area contributed by atoms with Gasteiger partial charge in [0.15, 0.2) is 0 Å². The molecule has 21 heavy (non-hydrogen) atoms. The van der Waals surface area contributed by atoms with Crippen LogP contribution in [0, 0.1) is 0 Å². The molecule has 8 heteroatoms. The van der Waals surface area contributed by atoms with Gasteiger partial charge < -0.3 is 10.4 Å². The van der Waals surface area contributed by atoms with Crippen molar-refractivity contribution >= 4 is 21.9 Å². The van der Waals surface area contributed by atoms with Crippen molar-refractivity contribution in [3.8, 4) is 0 Å². The number of aliphatic carboxylic acids is 1. The fourth-order valence-corrected chi connectivity index (χ4v) is 2.51. The van der Waals surface area contributed by atoms with Crippen LogP contribution in [0.2, 0.25) is 0 Å². The molecule has 0 saturated heterocycles. The third-order valence-corrected chi connectivity index (χ3v) is 4.28. The third kappa shape index (κ3) is 4.27. The molecule has 7 nitrogen and oxygen atoms in total. The van der Waals surface area contributed by atoms with Gasteiger partial charge in [-0.2, -0.15) is 0 Å². The molecule has 0 aliphatic carbocycles. The zero-order valence-electron chi connectivity index (χ0n) is 12.0. The quantitative estimate of drug-likeness (QED) is 0.711. The Morgan fingerprint density at radius 3 is 2.14 bits per heavy atom. The second-order valence-electron chi connectivity index (χ2n) is 4.91. The smallest absolute Gasteiger partial charge is 0.328 e. The monoisotopic (exact) mass is 314 g/mol. The fraction of sp³-hybridized carbons (Fsp3) is 0.385. The first kappa shape index (κ1) is 17.1. The largest absolute Gasteiger partial charge is 0.480 e. The van der Waals surface area contributed by atoms with Crippen molar-refractivity contribution in [1.29, 1.82) is 0 Å². The van der Waals surface area contributed by atoms with Gasteiger partial charge in [-0.05, 0) is 38.1 Å². The van der Waals surface area contributed by atoms with Crippen LogP contribution in [-0.4, -0.2) is 37.5 Å². The number of nitrogens with one attached hydrogen (secondary N) is 2. The summed E-state index contributed by atoms with van der Waals surface area (Å²) in [5.74, 6) is -1.75. The zero-order chi connectivity index (χ0) is 16.3. The van der Waals surface area contributed by atoms with Crippen molar-refractivity contribution in [3.63, 3.8) is 0 Å². The number of hydrogen-bond acceptors (Lipinski definition) is 4. The molecule has 0 aliphatic heterocycles. The first-order valence-electron chi connectivity index (χ1n) is 6.26. The number of carbonyl (C=O) groups excluding carboxylic acids is 1. The average molecular weight is 314 g/mol. The van der Waals surface area contributed by atoms with Gasteiger partial charge in [-0.25, -0.2) is 17.9 Å². The van der Waals surface area contributed by atoms with E-state index in [1.807, 2.05) is 0 Å². The van der Waals surface area contributed by atoms with E-state index in [9.17, 15) is 18.0 Å². The summed E-state index contributed by atoms with van der Waals surface area (Å²) in [7, 11) is -3.58. The number of rotatable bonds is 6. The summed E-state index contributed by atoms with van der Waals surface area (Å²) in [6, 6.07) is 5.25. The summed E-state index contributed by atoms with van der Waals surface area (Å²) < 4.78 is 25.8. The van der Waals surface area contributed by atoms with Crippen LogP contribution in [0.5, 0.6) is 0 Å². The lowest BCUT2D eigenvalue weighted by Crippen LogP contribution is -2.49. The molecular weight excluding hydrogens is 296 g/mol. The first-order chi connectivity index (χ1) is 9.60. The molecule has 0 saturated carbocycles. The minimum absolute atomic E-state index is 0.0402. The van der Waals surface area contributed by atoms with Gasteiger partial charge >= 0.3 is 5.97 Å². The van der Waals surface area contributed by atoms with E-state index >= 15 is 0 Å². The molecule has 116 valence electrons. The number of sulfonamides is 1. The Labute approximate surface area is 123 Å². The molecule has 1 aromatic carbocycles. The van der Waals surface area contributed by atoms with Crippen molar-refractivity contribution in [1.82, 2.24) is 10.0 Å². The predicted octanol–water partition coefficient (Wildman–Crippen LogP) is 0.578. The Hall–Kier alpha value is -1.93. The van der Waals surface area contributed by atoms with Crippen molar-refractivity contribution in [2.24, 2.45) is 0 Å². The molecule has 1 aromatic rings. The summed E-state index contributed by atoms with van der Waals surface area (Å²) >= 11 is 0. The summed E-state index contributed by atoms with van der Waals surface area (Å²) in [4.78, 5) is 22.9. The molecule has 0 aliphatic rings. The Balaban J connectivity index is 2.93. The lowest BCUT2D eigenvalue weighted by molar-refractivity contribution is -0.143. The van der Waals surface area contributed by atoms with E-state index in [0.717, 1.165) is 0 Å². The van der Waals surface area contributed by atoms with Crippen LogP contribution >= 0.6 is 0 Å². The van der Waals surface area contributed by atoms with E-state index in [4.69, 9.17) is 5.11 Å². The predicted molar refractivity (Wildman–Crippen MR) is 76.5 cm³/mol. The van der Waals surface area contributed by atoms with Crippen molar-refractivity contribution in [3.05, 3.63) is 29.8 Å². The maximum absolute atomic E-state index is 11.9. The van der Waals surface area contributed by atoms with Gasteiger partial charge in [0.1, 0.15) is 5.54 Å². The molecule has 0 atom stereocenters. The number of carboxylic acid groups (broad SMARTS) is 1. The van der Waals surface area contributed by atoms with Crippen molar-refractivity contribution in [2.45, 2.75) is 31.2 Å². The Bertz CT molecular complexity index is 635. The maximum atomic E-state index is 11.9. The van der Waals surface area contributed by atoms with Crippen LogP contribution in [0.3, 0.4) is 0 Å². The van der Waals surface area contributed by atoms with E-state index in [0.29, 0.717) is 0 Å². The Morgan fingerprint density at radius 1 is 1.19 bits per heavy atom. The number of amides is 1. The number of benzene rings is 1. The summed E-state index contributed by atoms with van der Waals surface area (Å²) in [5, 5.41) is 11.3. The molecular formula is C13H18N2O5S. The van der Waals surface area contributed by atoms with Gasteiger partial charge in [0.25, 0.3) is 5.91 Å². The standard InChI is InChI=1S/C13H18N2O5S/c1-4-14-21(19,20)10-7-5-9(6-8-10)11(16)15-13(2,3)12(17)18/h5-8,14H,4H2,1-3H3,(H,15,16)(H,17,18). The van der Waals surface area contributed by atoms with Gasteiger partial charge in [-0.3, -0.25) is 4.79 Å². The van der Waals surface area contributed by atoms with Crippen LogP contribution in [-0.2, 0) is 14.8 Å². The normalized spacial score (nSPS) is 12.0. The molecule has 3 N–H and O–H groups in total.